The van der Waals surface area contributed by atoms with Crippen molar-refractivity contribution in [2.24, 2.45) is 0 Å². The molecule has 0 atom stereocenters. The summed E-state index contributed by atoms with van der Waals surface area (Å²) in [7, 11) is 0. The lowest BCUT2D eigenvalue weighted by Gasteiger charge is -2.13. The fourth-order valence-electron chi connectivity index (χ4n) is 1.57. The van der Waals surface area contributed by atoms with E-state index in [4.69, 9.17) is 4.42 Å². The molecule has 3 nitrogen and oxygen atoms in total. The highest BCUT2D eigenvalue weighted by Crippen LogP contribution is 2.31. The van der Waals surface area contributed by atoms with Gasteiger partial charge in [-0.15, -0.1) is 0 Å². The van der Waals surface area contributed by atoms with Crippen molar-refractivity contribution in [3.8, 4) is 0 Å². The highest BCUT2D eigenvalue weighted by molar-refractivity contribution is 9.10. The van der Waals surface area contributed by atoms with Crippen molar-refractivity contribution >= 4 is 28.1 Å². The number of hydrogen-bond acceptors (Lipinski definition) is 3. The first-order chi connectivity index (χ1) is 6.31. The molecule has 1 saturated heterocycles. The Morgan fingerprint density at radius 1 is 1.46 bits per heavy atom. The van der Waals surface area contributed by atoms with Crippen LogP contribution in [0, 0.1) is 0 Å². The quantitative estimate of drug-likeness (QED) is 0.749. The summed E-state index contributed by atoms with van der Waals surface area (Å²) in [5, 5.41) is 0. The van der Waals surface area contributed by atoms with Gasteiger partial charge in [-0.3, -0.25) is 4.79 Å². The van der Waals surface area contributed by atoms with Crippen LogP contribution in [0.15, 0.2) is 15.0 Å². The van der Waals surface area contributed by atoms with Gasteiger partial charge < -0.3 is 9.32 Å². The first-order valence-corrected chi connectivity index (χ1v) is 5.10. The number of hydrogen-bond donors (Lipinski definition) is 0. The van der Waals surface area contributed by atoms with Gasteiger partial charge in [-0.1, -0.05) is 0 Å². The highest BCUT2D eigenvalue weighted by Gasteiger charge is 2.19. The lowest BCUT2D eigenvalue weighted by Crippen LogP contribution is -2.17. The first-order valence-electron chi connectivity index (χ1n) is 4.31. The Morgan fingerprint density at radius 2 is 2.15 bits per heavy atom. The Morgan fingerprint density at radius 3 is 2.69 bits per heavy atom. The zero-order chi connectivity index (χ0) is 9.26. The van der Waals surface area contributed by atoms with E-state index in [9.17, 15) is 4.79 Å². The van der Waals surface area contributed by atoms with Gasteiger partial charge in [0.2, 0.25) is 5.88 Å². The maximum Gasteiger partial charge on any atom is 0.210 e. The molecule has 0 bridgehead atoms. The number of rotatable bonds is 2. The molecule has 0 unspecified atom stereocenters. The average Bonchev–Trinajstić information content (AvgIpc) is 2.72. The molecule has 0 amide bonds. The second kappa shape index (κ2) is 3.54. The van der Waals surface area contributed by atoms with E-state index in [0.717, 1.165) is 29.7 Å². The minimum Gasteiger partial charge on any atom is -0.436 e. The van der Waals surface area contributed by atoms with Crippen molar-refractivity contribution in [2.45, 2.75) is 12.8 Å². The summed E-state index contributed by atoms with van der Waals surface area (Å²) >= 11 is 3.37. The fourth-order valence-corrected chi connectivity index (χ4v) is 2.13. The van der Waals surface area contributed by atoms with Crippen LogP contribution in [-0.2, 0) is 0 Å². The van der Waals surface area contributed by atoms with Crippen molar-refractivity contribution in [3.63, 3.8) is 0 Å². The van der Waals surface area contributed by atoms with Crippen molar-refractivity contribution in [1.82, 2.24) is 0 Å². The molecule has 1 aliphatic heterocycles. The van der Waals surface area contributed by atoms with E-state index in [1.54, 1.807) is 6.07 Å². The monoisotopic (exact) mass is 243 g/mol. The molecular weight excluding hydrogens is 234 g/mol. The van der Waals surface area contributed by atoms with Gasteiger partial charge in [0.1, 0.15) is 0 Å². The Hall–Kier alpha value is -0.770. The van der Waals surface area contributed by atoms with Crippen LogP contribution in [0.25, 0.3) is 0 Å². The van der Waals surface area contributed by atoms with Gasteiger partial charge in [-0.05, 0) is 28.8 Å². The van der Waals surface area contributed by atoms with Crippen molar-refractivity contribution in [3.05, 3.63) is 16.3 Å². The predicted molar refractivity (Wildman–Crippen MR) is 53.2 cm³/mol. The minimum atomic E-state index is 0.383. The summed E-state index contributed by atoms with van der Waals surface area (Å²) < 4.78 is 6.23. The van der Waals surface area contributed by atoms with Gasteiger partial charge in [-0.25, -0.2) is 0 Å². The number of nitrogens with zero attached hydrogens (tertiary/aromatic N) is 1. The summed E-state index contributed by atoms with van der Waals surface area (Å²) in [6.07, 6.45) is 3.12. The molecular formula is C9H10BrNO2. The summed E-state index contributed by atoms with van der Waals surface area (Å²) in [6.45, 7) is 2.04. The maximum atomic E-state index is 10.5. The third-order valence-corrected chi connectivity index (χ3v) is 2.77. The molecule has 0 aromatic carbocycles. The Balaban J connectivity index is 2.27. The smallest absolute Gasteiger partial charge is 0.210 e. The topological polar surface area (TPSA) is 33.5 Å². The van der Waals surface area contributed by atoms with Gasteiger partial charge in [-0.2, -0.15) is 0 Å². The maximum absolute atomic E-state index is 10.5. The molecule has 4 heteroatoms. The molecule has 13 heavy (non-hydrogen) atoms. The summed E-state index contributed by atoms with van der Waals surface area (Å²) in [6, 6.07) is 1.71. The van der Waals surface area contributed by atoms with Gasteiger partial charge in [0.05, 0.1) is 4.47 Å². The number of carbonyl (C=O) groups excluding carboxylic acids is 1. The molecule has 0 saturated carbocycles. The zero-order valence-electron chi connectivity index (χ0n) is 7.12. The van der Waals surface area contributed by atoms with Crippen LogP contribution in [0.3, 0.4) is 0 Å². The van der Waals surface area contributed by atoms with Crippen LogP contribution in [0.4, 0.5) is 5.88 Å². The number of halogens is 1. The molecule has 1 aliphatic rings. The van der Waals surface area contributed by atoms with Crippen LogP contribution in [0.5, 0.6) is 0 Å². The lowest BCUT2D eigenvalue weighted by molar-refractivity contribution is 0.110. The summed E-state index contributed by atoms with van der Waals surface area (Å²) in [5.41, 5.74) is 0. The second-order valence-corrected chi connectivity index (χ2v) is 3.97. The van der Waals surface area contributed by atoms with E-state index < -0.39 is 0 Å². The molecule has 0 spiro atoms. The zero-order valence-corrected chi connectivity index (χ0v) is 8.71. The number of anilines is 1. The molecule has 0 N–H and O–H groups in total. The molecule has 1 aromatic rings. The summed E-state index contributed by atoms with van der Waals surface area (Å²) in [5.74, 6) is 1.17. The first kappa shape index (κ1) is 8.81. The molecule has 2 heterocycles. The Bertz CT molecular complexity index is 315. The average molecular weight is 244 g/mol. The van der Waals surface area contributed by atoms with Crippen LogP contribution < -0.4 is 4.90 Å². The van der Waals surface area contributed by atoms with E-state index in [2.05, 4.69) is 20.8 Å². The van der Waals surface area contributed by atoms with Gasteiger partial charge in [0, 0.05) is 19.2 Å². The van der Waals surface area contributed by atoms with Crippen molar-refractivity contribution in [2.75, 3.05) is 18.0 Å². The van der Waals surface area contributed by atoms with Crippen molar-refractivity contribution in [1.29, 1.82) is 0 Å². The van der Waals surface area contributed by atoms with Crippen molar-refractivity contribution < 1.29 is 9.21 Å². The van der Waals surface area contributed by atoms with E-state index >= 15 is 0 Å². The van der Waals surface area contributed by atoms with E-state index in [1.807, 2.05) is 0 Å². The third-order valence-electron chi connectivity index (χ3n) is 2.20. The van der Waals surface area contributed by atoms with Crippen LogP contribution in [0.2, 0.25) is 0 Å². The van der Waals surface area contributed by atoms with Gasteiger partial charge in [0.15, 0.2) is 12.0 Å². The minimum absolute atomic E-state index is 0.383. The van der Waals surface area contributed by atoms with Gasteiger partial charge >= 0.3 is 0 Å². The molecule has 2 rings (SSSR count). The summed E-state index contributed by atoms with van der Waals surface area (Å²) in [4.78, 5) is 12.6. The molecule has 1 aromatic heterocycles. The largest absolute Gasteiger partial charge is 0.436 e. The molecule has 1 fully saturated rings. The normalized spacial score (nSPS) is 16.5. The molecule has 70 valence electrons. The van der Waals surface area contributed by atoms with Crippen LogP contribution >= 0.6 is 15.9 Å². The van der Waals surface area contributed by atoms with Crippen LogP contribution in [-0.4, -0.2) is 19.4 Å². The predicted octanol–water partition coefficient (Wildman–Crippen LogP) is 2.45. The third kappa shape index (κ3) is 1.63. The molecule has 0 aliphatic carbocycles. The SMILES string of the molecule is O=Cc1cc(Br)c(N2CCCC2)o1. The number of carbonyl (C=O) groups is 1. The van der Waals surface area contributed by atoms with Crippen LogP contribution in [0.1, 0.15) is 23.4 Å². The second-order valence-electron chi connectivity index (χ2n) is 3.11. The molecule has 0 radical (unpaired) electrons. The Labute approximate surface area is 84.8 Å². The Kier molecular flexibility index (Phi) is 2.40. The standard InChI is InChI=1S/C9H10BrNO2/c10-8-5-7(6-12)13-9(8)11-3-1-2-4-11/h5-6H,1-4H2. The van der Waals surface area contributed by atoms with Gasteiger partial charge in [0.25, 0.3) is 0 Å². The number of furan rings is 1. The van der Waals surface area contributed by atoms with E-state index in [1.165, 1.54) is 12.8 Å². The fraction of sp³-hybridized carbons (Fsp3) is 0.444. The lowest BCUT2D eigenvalue weighted by atomic mass is 10.4. The van der Waals surface area contributed by atoms with E-state index in [-0.39, 0.29) is 0 Å². The van der Waals surface area contributed by atoms with E-state index in [0.29, 0.717) is 5.76 Å². The number of aldehydes is 1. The highest BCUT2D eigenvalue weighted by atomic mass is 79.9.